The highest BCUT2D eigenvalue weighted by Crippen LogP contribution is 2.47. The number of halogens is 8. The first-order valence-electron chi connectivity index (χ1n) is 14.1. The number of fused-ring (bicyclic) bond motifs is 2. The van der Waals surface area contributed by atoms with Crippen LogP contribution in [0.2, 0.25) is 40.2 Å². The number of aliphatic imine (C=N–C) groups is 2. The van der Waals surface area contributed by atoms with Crippen molar-refractivity contribution >= 4 is 140 Å². The average molecular weight is 832 g/mol. The Morgan fingerprint density at radius 1 is 0.480 bits per heavy atom. The van der Waals surface area contributed by atoms with Gasteiger partial charge in [0, 0.05) is 12.4 Å². The molecule has 0 aliphatic heterocycles. The maximum Gasteiger partial charge on any atom is 0.181 e. The van der Waals surface area contributed by atoms with Gasteiger partial charge in [-0.2, -0.15) is 0 Å². The second kappa shape index (κ2) is 14.1. The maximum atomic E-state index is 13.1. The normalized spacial score (nSPS) is 14.8. The Labute approximate surface area is 323 Å². The predicted molar refractivity (Wildman–Crippen MR) is 199 cm³/mol. The Morgan fingerprint density at radius 3 is 1.02 bits per heavy atom. The van der Waals surface area contributed by atoms with Gasteiger partial charge in [0.2, 0.25) is 0 Å². The molecule has 0 atom stereocenters. The zero-order chi connectivity index (χ0) is 36.3. The second-order valence-corrected chi connectivity index (χ2v) is 13.8. The van der Waals surface area contributed by atoms with Crippen LogP contribution in [0.3, 0.4) is 0 Å². The van der Waals surface area contributed by atoms with E-state index in [4.69, 9.17) is 102 Å². The summed E-state index contributed by atoms with van der Waals surface area (Å²) in [5.74, 6) is -4.40. The van der Waals surface area contributed by atoms with E-state index in [0.717, 1.165) is 0 Å². The van der Waals surface area contributed by atoms with E-state index in [9.17, 15) is 19.2 Å². The van der Waals surface area contributed by atoms with Gasteiger partial charge in [-0.3, -0.25) is 29.2 Å². The molecule has 2 aliphatic carbocycles. The van der Waals surface area contributed by atoms with Crippen molar-refractivity contribution in [1.29, 1.82) is 0 Å². The SMILES string of the molecule is COc1cc(-c2ccc(N=CC3C(=O)c4c(Cl)c(Cl)c(Cl)c(Cl)c4C3=O)c(OC)c2)ccc1N=CC1C(=O)c2c(Cl)c(Cl)c(Cl)c(Cl)c2C1=O. The lowest BCUT2D eigenvalue weighted by Gasteiger charge is -2.11. The number of carbonyl (C=O) groups is 4. The van der Waals surface area contributed by atoms with Crippen molar-refractivity contribution in [2.75, 3.05) is 14.2 Å². The van der Waals surface area contributed by atoms with Crippen LogP contribution in [0.4, 0.5) is 11.4 Å². The highest BCUT2D eigenvalue weighted by molar-refractivity contribution is 6.57. The van der Waals surface area contributed by atoms with Gasteiger partial charge >= 0.3 is 0 Å². The van der Waals surface area contributed by atoms with E-state index in [1.54, 1.807) is 36.4 Å². The standard InChI is InChI=1S/C34H16Cl8N2O6/c1-49-17-7-11(3-5-15(17)43-9-13-31(45)19-20(32(13)46)24(36)28(40)27(39)23(19)35)12-4-6-16(18(8-12)50-2)44-10-14-33(47)21-22(34(14)48)26(38)30(42)29(41)25(21)37/h3-10,13-14H,1-2H3. The Kier molecular flexibility index (Phi) is 10.3. The van der Waals surface area contributed by atoms with E-state index >= 15 is 0 Å². The van der Waals surface area contributed by atoms with Crippen LogP contribution >= 0.6 is 92.8 Å². The Morgan fingerprint density at radius 2 is 0.760 bits per heavy atom. The van der Waals surface area contributed by atoms with Gasteiger partial charge < -0.3 is 9.47 Å². The number of carbonyl (C=O) groups excluding carboxylic acids is 4. The third-order valence-corrected chi connectivity index (χ3v) is 11.7. The third kappa shape index (κ3) is 5.90. The quantitative estimate of drug-likeness (QED) is 0.0793. The van der Waals surface area contributed by atoms with Crippen molar-refractivity contribution < 1.29 is 28.7 Å². The molecule has 0 fully saturated rings. The van der Waals surface area contributed by atoms with Crippen molar-refractivity contribution in [1.82, 2.24) is 0 Å². The van der Waals surface area contributed by atoms with Gasteiger partial charge in [0.25, 0.3) is 0 Å². The Hall–Kier alpha value is -3.18. The van der Waals surface area contributed by atoms with Crippen LogP contribution in [-0.4, -0.2) is 49.8 Å². The topological polar surface area (TPSA) is 111 Å². The number of benzene rings is 4. The van der Waals surface area contributed by atoms with E-state index in [0.29, 0.717) is 34.0 Å². The van der Waals surface area contributed by atoms with Gasteiger partial charge in [-0.25, -0.2) is 0 Å². The van der Waals surface area contributed by atoms with Gasteiger partial charge in [-0.1, -0.05) is 105 Å². The molecule has 0 bridgehead atoms. The number of hydrogen-bond donors (Lipinski definition) is 0. The van der Waals surface area contributed by atoms with Gasteiger partial charge in [-0.05, 0) is 35.4 Å². The summed E-state index contributed by atoms with van der Waals surface area (Å²) in [5, 5.41) is -1.12. The highest BCUT2D eigenvalue weighted by atomic mass is 35.5. The largest absolute Gasteiger partial charge is 0.494 e. The molecule has 0 aromatic heterocycles. The van der Waals surface area contributed by atoms with Gasteiger partial charge in [-0.15, -0.1) is 0 Å². The summed E-state index contributed by atoms with van der Waals surface area (Å²) in [6.07, 6.45) is 2.38. The van der Waals surface area contributed by atoms with Gasteiger partial charge in [0.05, 0.1) is 76.7 Å². The monoisotopic (exact) mass is 828 g/mol. The Bertz CT molecular complexity index is 2030. The number of ketones is 4. The van der Waals surface area contributed by atoms with Crippen molar-refractivity contribution in [3.05, 3.63) is 98.8 Å². The first-order valence-corrected chi connectivity index (χ1v) is 17.1. The van der Waals surface area contributed by atoms with E-state index < -0.39 is 35.0 Å². The average Bonchev–Trinajstić information content (AvgIpc) is 3.52. The minimum absolute atomic E-state index is 0.105. The lowest BCUT2D eigenvalue weighted by Crippen LogP contribution is -2.16. The molecule has 0 unspecified atom stereocenters. The lowest BCUT2D eigenvalue weighted by atomic mass is 10.0. The molecule has 0 spiro atoms. The fraction of sp³-hybridized carbons (Fsp3) is 0.118. The summed E-state index contributed by atoms with van der Waals surface area (Å²) in [5.41, 5.74) is 1.60. The number of nitrogens with zero attached hydrogens (tertiary/aromatic N) is 2. The molecule has 0 N–H and O–H groups in total. The molecule has 0 radical (unpaired) electrons. The van der Waals surface area contributed by atoms with Crippen molar-refractivity contribution in [3.8, 4) is 22.6 Å². The molecule has 50 heavy (non-hydrogen) atoms. The first-order chi connectivity index (χ1) is 23.7. The van der Waals surface area contributed by atoms with Crippen LogP contribution in [0.1, 0.15) is 41.4 Å². The summed E-state index contributed by atoms with van der Waals surface area (Å²) in [6.45, 7) is 0. The van der Waals surface area contributed by atoms with Crippen LogP contribution in [0, 0.1) is 11.8 Å². The summed E-state index contributed by atoms with van der Waals surface area (Å²) in [7, 11) is 2.88. The number of rotatable bonds is 7. The molecule has 16 heteroatoms. The van der Waals surface area contributed by atoms with E-state index in [2.05, 4.69) is 9.98 Å². The van der Waals surface area contributed by atoms with E-state index in [-0.39, 0.29) is 62.4 Å². The molecule has 254 valence electrons. The van der Waals surface area contributed by atoms with Gasteiger partial charge in [0.15, 0.2) is 23.1 Å². The van der Waals surface area contributed by atoms with Crippen LogP contribution in [-0.2, 0) is 0 Å². The highest BCUT2D eigenvalue weighted by Gasteiger charge is 2.44. The fourth-order valence-corrected chi connectivity index (χ4v) is 7.63. The van der Waals surface area contributed by atoms with E-state index in [1.807, 2.05) is 0 Å². The zero-order valence-electron chi connectivity index (χ0n) is 25.1. The zero-order valence-corrected chi connectivity index (χ0v) is 31.2. The predicted octanol–water partition coefficient (Wildman–Crippen LogP) is 11.4. The molecule has 4 aromatic rings. The minimum atomic E-state index is -1.30. The molecule has 4 aromatic carbocycles. The molecule has 2 aliphatic rings. The second-order valence-electron chi connectivity index (χ2n) is 10.8. The molecular weight excluding hydrogens is 816 g/mol. The molecule has 0 saturated heterocycles. The van der Waals surface area contributed by atoms with Gasteiger partial charge in [0.1, 0.15) is 34.7 Å². The minimum Gasteiger partial charge on any atom is -0.494 e. The fourth-order valence-electron chi connectivity index (χ4n) is 5.56. The smallest absolute Gasteiger partial charge is 0.181 e. The number of ether oxygens (including phenoxy) is 2. The van der Waals surface area contributed by atoms with Crippen molar-refractivity contribution in [3.63, 3.8) is 0 Å². The molecule has 6 rings (SSSR count). The summed E-state index contributed by atoms with van der Waals surface area (Å²) >= 11 is 49.4. The van der Waals surface area contributed by atoms with E-state index in [1.165, 1.54) is 26.6 Å². The Balaban J connectivity index is 1.25. The summed E-state index contributed by atoms with van der Waals surface area (Å²) in [6, 6.07) is 10.1. The van der Waals surface area contributed by atoms with Crippen molar-refractivity contribution in [2.24, 2.45) is 21.8 Å². The summed E-state index contributed by atoms with van der Waals surface area (Å²) in [4.78, 5) is 61.3. The molecule has 0 heterocycles. The maximum absolute atomic E-state index is 13.1. The van der Waals surface area contributed by atoms with Crippen LogP contribution in [0.15, 0.2) is 46.4 Å². The molecule has 0 amide bonds. The third-order valence-electron chi connectivity index (χ3n) is 8.07. The summed E-state index contributed by atoms with van der Waals surface area (Å²) < 4.78 is 11.1. The number of methoxy groups -OCH3 is 2. The lowest BCUT2D eigenvalue weighted by molar-refractivity contribution is 0.0870. The number of Topliss-reactive ketones (excluding diaryl/α,β-unsaturated/α-hetero) is 4. The molecular formula is C34H16Cl8N2O6. The number of hydrogen-bond acceptors (Lipinski definition) is 8. The first kappa shape index (κ1) is 36.6. The van der Waals surface area contributed by atoms with Crippen LogP contribution < -0.4 is 9.47 Å². The molecule has 0 saturated carbocycles. The van der Waals surface area contributed by atoms with Crippen molar-refractivity contribution in [2.45, 2.75) is 0 Å². The van der Waals surface area contributed by atoms with Crippen LogP contribution in [0.25, 0.3) is 11.1 Å². The molecule has 8 nitrogen and oxygen atoms in total. The van der Waals surface area contributed by atoms with Crippen LogP contribution in [0.5, 0.6) is 11.5 Å².